The van der Waals surface area contributed by atoms with E-state index < -0.39 is 0 Å². The standard InChI is InChI=1S/C17H11N5O3/c1-3-13-14(24-10-23-13)7-11(1)17-20-16(21-25-17)12-2-4-15(19-8-12)22-6-5-18-9-22/h1-9H,10H2. The molecule has 0 bridgehead atoms. The average Bonchev–Trinajstić information content (AvgIpc) is 3.42. The Hall–Kier alpha value is -3.68. The van der Waals surface area contributed by atoms with E-state index in [2.05, 4.69) is 20.1 Å². The zero-order chi connectivity index (χ0) is 16.6. The maximum atomic E-state index is 5.37. The molecule has 0 saturated carbocycles. The minimum absolute atomic E-state index is 0.225. The van der Waals surface area contributed by atoms with Crippen LogP contribution in [0.5, 0.6) is 11.5 Å². The molecule has 25 heavy (non-hydrogen) atoms. The van der Waals surface area contributed by atoms with Crippen LogP contribution in [0.15, 0.2) is 59.8 Å². The summed E-state index contributed by atoms with van der Waals surface area (Å²) in [7, 11) is 0. The van der Waals surface area contributed by atoms with E-state index in [1.165, 1.54) is 0 Å². The molecule has 1 aliphatic heterocycles. The number of imidazole rings is 1. The van der Waals surface area contributed by atoms with Crippen molar-refractivity contribution >= 4 is 0 Å². The van der Waals surface area contributed by atoms with Crippen LogP contribution in [0, 0.1) is 0 Å². The van der Waals surface area contributed by atoms with Crippen molar-refractivity contribution in [3.63, 3.8) is 0 Å². The Morgan fingerprint density at radius 3 is 2.76 bits per heavy atom. The molecule has 5 rings (SSSR count). The molecule has 0 fully saturated rings. The maximum absolute atomic E-state index is 5.37. The van der Waals surface area contributed by atoms with E-state index in [9.17, 15) is 0 Å². The molecule has 0 aliphatic carbocycles. The second kappa shape index (κ2) is 5.45. The number of aromatic nitrogens is 5. The van der Waals surface area contributed by atoms with Crippen molar-refractivity contribution in [2.75, 3.05) is 6.79 Å². The third kappa shape index (κ3) is 2.40. The van der Waals surface area contributed by atoms with E-state index in [0.29, 0.717) is 23.2 Å². The Balaban J connectivity index is 1.44. The number of pyridine rings is 1. The van der Waals surface area contributed by atoms with Gasteiger partial charge in [0.2, 0.25) is 12.6 Å². The fourth-order valence-electron chi connectivity index (χ4n) is 2.55. The van der Waals surface area contributed by atoms with E-state index in [4.69, 9.17) is 14.0 Å². The highest BCUT2D eigenvalue weighted by molar-refractivity contribution is 5.63. The maximum Gasteiger partial charge on any atom is 0.258 e. The highest BCUT2D eigenvalue weighted by Gasteiger charge is 2.17. The van der Waals surface area contributed by atoms with Gasteiger partial charge in [0.05, 0.1) is 0 Å². The molecule has 0 N–H and O–H groups in total. The van der Waals surface area contributed by atoms with Crippen LogP contribution in [0.2, 0.25) is 0 Å². The summed E-state index contributed by atoms with van der Waals surface area (Å²) in [5, 5.41) is 4.03. The van der Waals surface area contributed by atoms with Gasteiger partial charge in [-0.3, -0.25) is 4.57 Å². The number of rotatable bonds is 3. The second-order valence-corrected chi connectivity index (χ2v) is 5.37. The summed E-state index contributed by atoms with van der Waals surface area (Å²) in [6.45, 7) is 0.225. The first-order valence-electron chi connectivity index (χ1n) is 7.55. The molecule has 1 aliphatic rings. The summed E-state index contributed by atoms with van der Waals surface area (Å²) >= 11 is 0. The lowest BCUT2D eigenvalue weighted by Gasteiger charge is -2.00. The van der Waals surface area contributed by atoms with E-state index in [1.807, 2.05) is 41.1 Å². The average molecular weight is 333 g/mol. The summed E-state index contributed by atoms with van der Waals surface area (Å²) in [6, 6.07) is 9.25. The van der Waals surface area contributed by atoms with Crippen LogP contribution < -0.4 is 9.47 Å². The predicted octanol–water partition coefficient (Wildman–Crippen LogP) is 2.71. The molecule has 122 valence electrons. The van der Waals surface area contributed by atoms with E-state index >= 15 is 0 Å². The SMILES string of the molecule is c1cn(-c2ccc(-c3noc(-c4ccc5c(c4)OCO5)n3)cn2)cn1. The molecule has 4 aromatic rings. The first kappa shape index (κ1) is 13.7. The Morgan fingerprint density at radius 2 is 1.92 bits per heavy atom. The fourth-order valence-corrected chi connectivity index (χ4v) is 2.55. The lowest BCUT2D eigenvalue weighted by atomic mass is 10.2. The summed E-state index contributed by atoms with van der Waals surface area (Å²) in [4.78, 5) is 12.8. The minimum atomic E-state index is 0.225. The number of nitrogens with zero attached hydrogens (tertiary/aromatic N) is 5. The van der Waals surface area contributed by atoms with Gasteiger partial charge in [-0.2, -0.15) is 4.98 Å². The molecule has 0 radical (unpaired) electrons. The zero-order valence-electron chi connectivity index (χ0n) is 12.9. The minimum Gasteiger partial charge on any atom is -0.454 e. The largest absolute Gasteiger partial charge is 0.454 e. The van der Waals surface area contributed by atoms with Gasteiger partial charge in [0.1, 0.15) is 12.1 Å². The molecule has 1 aromatic carbocycles. The van der Waals surface area contributed by atoms with Crippen LogP contribution in [0.1, 0.15) is 0 Å². The molecule has 8 nitrogen and oxygen atoms in total. The molecular weight excluding hydrogens is 322 g/mol. The van der Waals surface area contributed by atoms with Crippen LogP contribution in [0.3, 0.4) is 0 Å². The van der Waals surface area contributed by atoms with Gasteiger partial charge >= 0.3 is 0 Å². The molecule has 0 saturated heterocycles. The van der Waals surface area contributed by atoms with Crippen molar-refractivity contribution in [1.29, 1.82) is 0 Å². The van der Waals surface area contributed by atoms with Gasteiger partial charge in [-0.05, 0) is 30.3 Å². The Labute approximate surface area is 141 Å². The topological polar surface area (TPSA) is 88.1 Å². The number of hydrogen-bond donors (Lipinski definition) is 0. The van der Waals surface area contributed by atoms with Gasteiger partial charge in [0.15, 0.2) is 11.5 Å². The van der Waals surface area contributed by atoms with Crippen molar-refractivity contribution in [2.45, 2.75) is 0 Å². The van der Waals surface area contributed by atoms with Gasteiger partial charge in [-0.1, -0.05) is 5.16 Å². The second-order valence-electron chi connectivity index (χ2n) is 5.37. The van der Waals surface area contributed by atoms with Crippen molar-refractivity contribution in [3.05, 3.63) is 55.2 Å². The molecule has 3 aromatic heterocycles. The van der Waals surface area contributed by atoms with Crippen LogP contribution in [0.25, 0.3) is 28.7 Å². The summed E-state index contributed by atoms with van der Waals surface area (Å²) in [6.07, 6.45) is 6.91. The fraction of sp³-hybridized carbons (Fsp3) is 0.0588. The van der Waals surface area contributed by atoms with Crippen LogP contribution in [-0.4, -0.2) is 31.5 Å². The van der Waals surface area contributed by atoms with Crippen molar-refractivity contribution in [1.82, 2.24) is 24.7 Å². The van der Waals surface area contributed by atoms with E-state index in [-0.39, 0.29) is 6.79 Å². The number of hydrogen-bond acceptors (Lipinski definition) is 7. The quantitative estimate of drug-likeness (QED) is 0.569. The molecule has 0 atom stereocenters. The summed E-state index contributed by atoms with van der Waals surface area (Å²) in [5.74, 6) is 3.02. The van der Waals surface area contributed by atoms with Gasteiger partial charge in [0.25, 0.3) is 5.89 Å². The van der Waals surface area contributed by atoms with E-state index in [0.717, 1.165) is 16.9 Å². The van der Waals surface area contributed by atoms with Gasteiger partial charge in [-0.25, -0.2) is 9.97 Å². The lowest BCUT2D eigenvalue weighted by molar-refractivity contribution is 0.174. The van der Waals surface area contributed by atoms with Crippen LogP contribution in [-0.2, 0) is 0 Å². The molecular formula is C17H11N5O3. The van der Waals surface area contributed by atoms with Gasteiger partial charge in [-0.15, -0.1) is 0 Å². The zero-order valence-corrected chi connectivity index (χ0v) is 12.9. The summed E-state index contributed by atoms with van der Waals surface area (Å²) in [5.41, 5.74) is 1.53. The van der Waals surface area contributed by atoms with Crippen molar-refractivity contribution in [3.8, 4) is 40.2 Å². The molecule has 0 unspecified atom stereocenters. The Kier molecular flexibility index (Phi) is 2.99. The first-order valence-corrected chi connectivity index (χ1v) is 7.55. The Bertz CT molecular complexity index is 1020. The molecule has 8 heteroatoms. The molecule has 0 amide bonds. The predicted molar refractivity (Wildman–Crippen MR) is 86.2 cm³/mol. The highest BCUT2D eigenvalue weighted by Crippen LogP contribution is 2.35. The highest BCUT2D eigenvalue weighted by atomic mass is 16.7. The number of benzene rings is 1. The van der Waals surface area contributed by atoms with Gasteiger partial charge in [0, 0.05) is 29.7 Å². The van der Waals surface area contributed by atoms with Crippen molar-refractivity contribution < 1.29 is 14.0 Å². The lowest BCUT2D eigenvalue weighted by Crippen LogP contribution is -1.94. The van der Waals surface area contributed by atoms with Crippen LogP contribution >= 0.6 is 0 Å². The molecule has 4 heterocycles. The monoisotopic (exact) mass is 333 g/mol. The van der Waals surface area contributed by atoms with Crippen molar-refractivity contribution in [2.24, 2.45) is 0 Å². The summed E-state index contributed by atoms with van der Waals surface area (Å²) < 4.78 is 17.9. The third-order valence-corrected chi connectivity index (χ3v) is 3.82. The smallest absolute Gasteiger partial charge is 0.258 e. The number of ether oxygens (including phenoxy) is 2. The Morgan fingerprint density at radius 1 is 1.00 bits per heavy atom. The third-order valence-electron chi connectivity index (χ3n) is 3.82. The number of fused-ring (bicyclic) bond motifs is 1. The van der Waals surface area contributed by atoms with Crippen LogP contribution in [0.4, 0.5) is 0 Å². The normalized spacial score (nSPS) is 12.5. The van der Waals surface area contributed by atoms with E-state index in [1.54, 1.807) is 18.7 Å². The van der Waals surface area contributed by atoms with Gasteiger partial charge < -0.3 is 14.0 Å². The molecule has 0 spiro atoms. The first-order chi connectivity index (χ1) is 12.4.